The van der Waals surface area contributed by atoms with Crippen LogP contribution in [0.3, 0.4) is 0 Å². The Hall–Kier alpha value is -3.74. The number of carbonyl (C=O) groups is 1. The Morgan fingerprint density at radius 2 is 1.77 bits per heavy atom. The smallest absolute Gasteiger partial charge is 0.340 e. The zero-order valence-electron chi connectivity index (χ0n) is 17.1. The first-order valence-electron chi connectivity index (χ1n) is 9.37. The van der Waals surface area contributed by atoms with E-state index in [1.165, 1.54) is 14.2 Å². The van der Waals surface area contributed by atoms with Crippen LogP contribution in [-0.2, 0) is 11.2 Å². The van der Waals surface area contributed by atoms with E-state index in [0.29, 0.717) is 39.5 Å². The van der Waals surface area contributed by atoms with Crippen LogP contribution in [0.2, 0.25) is 0 Å². The van der Waals surface area contributed by atoms with Crippen LogP contribution < -0.4 is 20.4 Å². The van der Waals surface area contributed by atoms with Crippen molar-refractivity contribution in [3.8, 4) is 11.5 Å². The number of amides is 1. The van der Waals surface area contributed by atoms with Crippen molar-refractivity contribution in [2.45, 2.75) is 20.3 Å². The maximum atomic E-state index is 12.6. The fraction of sp³-hybridized carbons (Fsp3) is 0.217. The summed E-state index contributed by atoms with van der Waals surface area (Å²) in [5, 5.41) is 4.51. The molecule has 2 heterocycles. The van der Waals surface area contributed by atoms with Crippen molar-refractivity contribution in [2.75, 3.05) is 19.5 Å². The monoisotopic (exact) mass is 407 g/mol. The fourth-order valence-electron chi connectivity index (χ4n) is 3.52. The molecule has 0 saturated carbocycles. The SMILES string of the molecule is COc1ccc(NC(=O)Cc2c(C)c3cc4c(C)coc4cc3oc2=O)cc1OC. The van der Waals surface area contributed by atoms with E-state index in [9.17, 15) is 9.59 Å². The molecule has 4 aromatic rings. The minimum Gasteiger partial charge on any atom is -0.493 e. The number of hydrogen-bond donors (Lipinski definition) is 1. The summed E-state index contributed by atoms with van der Waals surface area (Å²) in [4.78, 5) is 25.2. The zero-order chi connectivity index (χ0) is 21.4. The van der Waals surface area contributed by atoms with Gasteiger partial charge in [0.15, 0.2) is 11.5 Å². The summed E-state index contributed by atoms with van der Waals surface area (Å²) < 4.78 is 21.4. The van der Waals surface area contributed by atoms with Crippen LogP contribution in [0.15, 0.2) is 50.2 Å². The lowest BCUT2D eigenvalue weighted by Gasteiger charge is -2.11. The number of rotatable bonds is 5. The normalized spacial score (nSPS) is 11.1. The van der Waals surface area contributed by atoms with Gasteiger partial charge in [-0.25, -0.2) is 4.79 Å². The van der Waals surface area contributed by atoms with Crippen molar-refractivity contribution in [2.24, 2.45) is 0 Å². The quantitative estimate of drug-likeness (QED) is 0.495. The van der Waals surface area contributed by atoms with Gasteiger partial charge in [0.1, 0.15) is 11.2 Å². The third-order valence-electron chi connectivity index (χ3n) is 5.18. The highest BCUT2D eigenvalue weighted by molar-refractivity contribution is 5.97. The Morgan fingerprint density at radius 1 is 1.00 bits per heavy atom. The van der Waals surface area contributed by atoms with E-state index in [1.807, 2.05) is 19.9 Å². The van der Waals surface area contributed by atoms with Gasteiger partial charge in [-0.3, -0.25) is 4.79 Å². The van der Waals surface area contributed by atoms with Gasteiger partial charge in [0.2, 0.25) is 5.91 Å². The maximum absolute atomic E-state index is 12.6. The Bertz CT molecular complexity index is 1330. The predicted octanol–water partition coefficient (Wildman–Crippen LogP) is 4.35. The Labute approximate surface area is 172 Å². The molecule has 0 aliphatic rings. The molecule has 0 fully saturated rings. The van der Waals surface area contributed by atoms with Crippen LogP contribution in [0.4, 0.5) is 5.69 Å². The number of anilines is 1. The molecule has 0 radical (unpaired) electrons. The fourth-order valence-corrected chi connectivity index (χ4v) is 3.52. The molecule has 1 N–H and O–H groups in total. The highest BCUT2D eigenvalue weighted by Crippen LogP contribution is 2.31. The van der Waals surface area contributed by atoms with Crippen molar-refractivity contribution in [3.63, 3.8) is 0 Å². The first kappa shape index (κ1) is 19.6. The first-order valence-corrected chi connectivity index (χ1v) is 9.37. The molecule has 2 aromatic carbocycles. The van der Waals surface area contributed by atoms with Gasteiger partial charge in [0.25, 0.3) is 0 Å². The third-order valence-corrected chi connectivity index (χ3v) is 5.18. The molecule has 7 heteroatoms. The van der Waals surface area contributed by atoms with Crippen molar-refractivity contribution >= 4 is 33.5 Å². The molecule has 0 spiro atoms. The topological polar surface area (TPSA) is 90.9 Å². The van der Waals surface area contributed by atoms with Crippen molar-refractivity contribution in [3.05, 3.63) is 63.7 Å². The first-order chi connectivity index (χ1) is 14.4. The third kappa shape index (κ3) is 3.39. The predicted molar refractivity (Wildman–Crippen MR) is 114 cm³/mol. The van der Waals surface area contributed by atoms with Crippen LogP contribution >= 0.6 is 0 Å². The van der Waals surface area contributed by atoms with E-state index >= 15 is 0 Å². The lowest BCUT2D eigenvalue weighted by molar-refractivity contribution is -0.115. The average Bonchev–Trinajstić information content (AvgIpc) is 3.09. The second-order valence-electron chi connectivity index (χ2n) is 7.05. The standard InChI is InChI=1S/C23H21NO6/c1-12-11-29-19-10-20-16(8-15(12)19)13(2)17(23(26)30-20)9-22(25)24-14-5-6-18(27-3)21(7-14)28-4/h5-8,10-11H,9H2,1-4H3,(H,24,25). The largest absolute Gasteiger partial charge is 0.493 e. The zero-order valence-corrected chi connectivity index (χ0v) is 17.1. The Kier molecular flexibility index (Phi) is 4.95. The van der Waals surface area contributed by atoms with Gasteiger partial charge in [-0.15, -0.1) is 0 Å². The summed E-state index contributed by atoms with van der Waals surface area (Å²) in [6, 6.07) is 8.69. The molecule has 0 atom stereocenters. The Morgan fingerprint density at radius 3 is 2.50 bits per heavy atom. The van der Waals surface area contributed by atoms with Crippen LogP contribution in [0, 0.1) is 13.8 Å². The number of methoxy groups -OCH3 is 2. The van der Waals surface area contributed by atoms with Crippen molar-refractivity contribution in [1.82, 2.24) is 0 Å². The number of hydrogen-bond acceptors (Lipinski definition) is 6. The van der Waals surface area contributed by atoms with Crippen molar-refractivity contribution < 1.29 is 23.1 Å². The van der Waals surface area contributed by atoms with Gasteiger partial charge in [0, 0.05) is 28.6 Å². The van der Waals surface area contributed by atoms with E-state index in [0.717, 1.165) is 16.3 Å². The summed E-state index contributed by atoms with van der Waals surface area (Å²) in [7, 11) is 3.06. The van der Waals surface area contributed by atoms with Crippen LogP contribution in [0.5, 0.6) is 11.5 Å². The lowest BCUT2D eigenvalue weighted by atomic mass is 10.0. The van der Waals surface area contributed by atoms with E-state index in [2.05, 4.69) is 5.32 Å². The second kappa shape index (κ2) is 7.59. The number of ether oxygens (including phenoxy) is 2. The molecule has 154 valence electrons. The molecule has 0 aliphatic carbocycles. The number of benzene rings is 2. The Balaban J connectivity index is 1.66. The molecular weight excluding hydrogens is 386 g/mol. The molecule has 2 aromatic heterocycles. The van der Waals surface area contributed by atoms with Crippen molar-refractivity contribution in [1.29, 1.82) is 0 Å². The van der Waals surface area contributed by atoms with E-state index < -0.39 is 5.63 Å². The molecule has 30 heavy (non-hydrogen) atoms. The van der Waals surface area contributed by atoms with Gasteiger partial charge in [0.05, 0.1) is 32.5 Å². The van der Waals surface area contributed by atoms with Gasteiger partial charge < -0.3 is 23.6 Å². The molecule has 7 nitrogen and oxygen atoms in total. The van der Waals surface area contributed by atoms with Gasteiger partial charge in [-0.1, -0.05) is 0 Å². The minimum absolute atomic E-state index is 0.110. The molecule has 4 rings (SSSR count). The summed E-state index contributed by atoms with van der Waals surface area (Å²) >= 11 is 0. The number of nitrogens with one attached hydrogen (secondary N) is 1. The number of carbonyl (C=O) groups excluding carboxylic acids is 1. The minimum atomic E-state index is -0.537. The van der Waals surface area contributed by atoms with E-state index in [4.69, 9.17) is 18.3 Å². The number of aryl methyl sites for hydroxylation is 2. The highest BCUT2D eigenvalue weighted by atomic mass is 16.5. The van der Waals surface area contributed by atoms with Crippen LogP contribution in [0.25, 0.3) is 21.9 Å². The van der Waals surface area contributed by atoms with Gasteiger partial charge in [-0.05, 0) is 43.2 Å². The highest BCUT2D eigenvalue weighted by Gasteiger charge is 2.17. The summed E-state index contributed by atoms with van der Waals surface area (Å²) in [5.41, 5.74) is 3.11. The van der Waals surface area contributed by atoms with E-state index in [1.54, 1.807) is 30.5 Å². The maximum Gasteiger partial charge on any atom is 0.340 e. The lowest BCUT2D eigenvalue weighted by Crippen LogP contribution is -2.20. The van der Waals surface area contributed by atoms with Crippen LogP contribution in [0.1, 0.15) is 16.7 Å². The summed E-state index contributed by atoms with van der Waals surface area (Å²) in [6.07, 6.45) is 1.55. The second-order valence-corrected chi connectivity index (χ2v) is 7.05. The molecule has 0 unspecified atom stereocenters. The van der Waals surface area contributed by atoms with Gasteiger partial charge in [-0.2, -0.15) is 0 Å². The molecule has 1 amide bonds. The number of fused-ring (bicyclic) bond motifs is 2. The van der Waals surface area contributed by atoms with Gasteiger partial charge >= 0.3 is 5.63 Å². The van der Waals surface area contributed by atoms with Crippen LogP contribution in [-0.4, -0.2) is 20.1 Å². The average molecular weight is 407 g/mol. The summed E-state index contributed by atoms with van der Waals surface area (Å²) in [5.74, 6) is 0.719. The molecule has 0 bridgehead atoms. The number of furan rings is 1. The molecule has 0 aliphatic heterocycles. The summed E-state index contributed by atoms with van der Waals surface area (Å²) in [6.45, 7) is 3.77. The molecular formula is C23H21NO6. The molecule has 0 saturated heterocycles. The van der Waals surface area contributed by atoms with E-state index in [-0.39, 0.29) is 12.3 Å².